The lowest BCUT2D eigenvalue weighted by atomic mass is 10.1. The molecule has 0 bridgehead atoms. The molecule has 0 amide bonds. The van der Waals surface area contributed by atoms with Crippen molar-refractivity contribution in [1.29, 1.82) is 0 Å². The lowest BCUT2D eigenvalue weighted by molar-refractivity contribution is 0.320. The van der Waals surface area contributed by atoms with Crippen molar-refractivity contribution in [3.05, 3.63) is 59.4 Å². The number of aromatic nitrogens is 1. The van der Waals surface area contributed by atoms with E-state index in [2.05, 4.69) is 17.1 Å². The highest BCUT2D eigenvalue weighted by atomic mass is 16.5. The van der Waals surface area contributed by atoms with Crippen LogP contribution in [0.25, 0.3) is 0 Å². The Morgan fingerprint density at radius 1 is 1.26 bits per heavy atom. The monoisotopic (exact) mass is 254 g/mol. The first-order valence-corrected chi connectivity index (χ1v) is 6.74. The van der Waals surface area contributed by atoms with E-state index in [1.165, 1.54) is 11.1 Å². The predicted octanol–water partition coefficient (Wildman–Crippen LogP) is 2.65. The summed E-state index contributed by atoms with van der Waals surface area (Å²) in [6.07, 6.45) is 4.75. The standard InChI is InChI=1S/C16H18N2O/c17-16-7-4-12-11-14(5-6-15(12)16)19-10-8-13-3-1-2-9-18-13/h1-3,5-6,9,11,16H,4,7-8,10,17H2. The topological polar surface area (TPSA) is 48.1 Å². The van der Waals surface area contributed by atoms with Gasteiger partial charge in [0.2, 0.25) is 0 Å². The van der Waals surface area contributed by atoms with Crippen LogP contribution in [0.4, 0.5) is 0 Å². The molecule has 19 heavy (non-hydrogen) atoms. The molecule has 2 N–H and O–H groups in total. The molecule has 3 heteroatoms. The van der Waals surface area contributed by atoms with Crippen LogP contribution in [-0.4, -0.2) is 11.6 Å². The summed E-state index contributed by atoms with van der Waals surface area (Å²) >= 11 is 0. The molecule has 1 aromatic carbocycles. The van der Waals surface area contributed by atoms with Crippen molar-refractivity contribution < 1.29 is 4.74 Å². The maximum absolute atomic E-state index is 6.02. The second kappa shape index (κ2) is 5.41. The van der Waals surface area contributed by atoms with Gasteiger partial charge in [-0.3, -0.25) is 4.98 Å². The van der Waals surface area contributed by atoms with Crippen LogP contribution >= 0.6 is 0 Å². The molecule has 1 heterocycles. The summed E-state index contributed by atoms with van der Waals surface area (Å²) in [5.41, 5.74) is 9.70. The molecular formula is C16H18N2O. The Kier molecular flexibility index (Phi) is 3.47. The Balaban J connectivity index is 1.59. The van der Waals surface area contributed by atoms with Gasteiger partial charge in [0.25, 0.3) is 0 Å². The minimum atomic E-state index is 0.206. The van der Waals surface area contributed by atoms with Gasteiger partial charge in [0.15, 0.2) is 0 Å². The molecule has 1 aliphatic carbocycles. The van der Waals surface area contributed by atoms with Crippen molar-refractivity contribution in [2.75, 3.05) is 6.61 Å². The fourth-order valence-corrected chi connectivity index (χ4v) is 2.54. The van der Waals surface area contributed by atoms with Crippen LogP contribution in [0.2, 0.25) is 0 Å². The smallest absolute Gasteiger partial charge is 0.119 e. The average molecular weight is 254 g/mol. The Bertz CT molecular complexity index is 554. The van der Waals surface area contributed by atoms with E-state index in [-0.39, 0.29) is 6.04 Å². The average Bonchev–Trinajstić information content (AvgIpc) is 2.81. The summed E-state index contributed by atoms with van der Waals surface area (Å²) in [7, 11) is 0. The number of benzene rings is 1. The molecule has 1 aliphatic rings. The van der Waals surface area contributed by atoms with Gasteiger partial charge in [-0.25, -0.2) is 0 Å². The zero-order valence-corrected chi connectivity index (χ0v) is 10.9. The van der Waals surface area contributed by atoms with E-state index >= 15 is 0 Å². The molecular weight excluding hydrogens is 236 g/mol. The number of aryl methyl sites for hydroxylation is 1. The first-order chi connectivity index (χ1) is 9.33. The first-order valence-electron chi connectivity index (χ1n) is 6.74. The Hall–Kier alpha value is -1.87. The summed E-state index contributed by atoms with van der Waals surface area (Å²) < 4.78 is 5.79. The van der Waals surface area contributed by atoms with Gasteiger partial charge in [0, 0.05) is 24.4 Å². The van der Waals surface area contributed by atoms with Crippen LogP contribution < -0.4 is 10.5 Å². The summed E-state index contributed by atoms with van der Waals surface area (Å²) in [6, 6.07) is 12.4. The highest BCUT2D eigenvalue weighted by molar-refractivity contribution is 5.40. The number of hydrogen-bond donors (Lipinski definition) is 1. The largest absolute Gasteiger partial charge is 0.493 e. The van der Waals surface area contributed by atoms with Crippen LogP contribution in [0.5, 0.6) is 5.75 Å². The van der Waals surface area contributed by atoms with E-state index in [4.69, 9.17) is 10.5 Å². The van der Waals surface area contributed by atoms with Gasteiger partial charge in [0.1, 0.15) is 5.75 Å². The van der Waals surface area contributed by atoms with Gasteiger partial charge in [-0.1, -0.05) is 12.1 Å². The van der Waals surface area contributed by atoms with Crippen molar-refractivity contribution in [2.45, 2.75) is 25.3 Å². The second-order valence-electron chi connectivity index (χ2n) is 4.93. The predicted molar refractivity (Wildman–Crippen MR) is 75.1 cm³/mol. The van der Waals surface area contributed by atoms with E-state index in [1.54, 1.807) is 0 Å². The molecule has 0 radical (unpaired) electrons. The summed E-state index contributed by atoms with van der Waals surface area (Å²) in [5.74, 6) is 0.934. The lowest BCUT2D eigenvalue weighted by Gasteiger charge is -2.09. The van der Waals surface area contributed by atoms with Gasteiger partial charge < -0.3 is 10.5 Å². The van der Waals surface area contributed by atoms with Crippen LogP contribution in [0, 0.1) is 0 Å². The maximum Gasteiger partial charge on any atom is 0.119 e. The SMILES string of the molecule is NC1CCc2cc(OCCc3ccccn3)ccc21. The van der Waals surface area contributed by atoms with E-state index in [0.717, 1.165) is 30.7 Å². The number of rotatable bonds is 4. The number of ether oxygens (including phenoxy) is 1. The second-order valence-corrected chi connectivity index (χ2v) is 4.93. The third-order valence-electron chi connectivity index (χ3n) is 3.59. The van der Waals surface area contributed by atoms with Crippen molar-refractivity contribution in [2.24, 2.45) is 5.73 Å². The highest BCUT2D eigenvalue weighted by Crippen LogP contribution is 2.31. The zero-order chi connectivity index (χ0) is 13.1. The quantitative estimate of drug-likeness (QED) is 0.912. The van der Waals surface area contributed by atoms with Gasteiger partial charge in [-0.05, 0) is 48.2 Å². The number of fused-ring (bicyclic) bond motifs is 1. The molecule has 0 saturated carbocycles. The van der Waals surface area contributed by atoms with Crippen LogP contribution in [0.1, 0.15) is 29.3 Å². The molecule has 1 unspecified atom stereocenters. The fraction of sp³-hybridized carbons (Fsp3) is 0.312. The van der Waals surface area contributed by atoms with Gasteiger partial charge in [-0.15, -0.1) is 0 Å². The van der Waals surface area contributed by atoms with Gasteiger partial charge >= 0.3 is 0 Å². The van der Waals surface area contributed by atoms with Crippen molar-refractivity contribution in [3.8, 4) is 5.75 Å². The third kappa shape index (κ3) is 2.76. The molecule has 0 aliphatic heterocycles. The minimum absolute atomic E-state index is 0.206. The third-order valence-corrected chi connectivity index (χ3v) is 3.59. The van der Waals surface area contributed by atoms with Crippen LogP contribution in [0.3, 0.4) is 0 Å². The lowest BCUT2D eigenvalue weighted by Crippen LogP contribution is -2.05. The maximum atomic E-state index is 6.02. The van der Waals surface area contributed by atoms with Gasteiger partial charge in [0.05, 0.1) is 6.61 Å². The van der Waals surface area contributed by atoms with Crippen LogP contribution in [0.15, 0.2) is 42.6 Å². The van der Waals surface area contributed by atoms with E-state index < -0.39 is 0 Å². The summed E-state index contributed by atoms with van der Waals surface area (Å²) in [4.78, 5) is 4.28. The number of pyridine rings is 1. The van der Waals surface area contributed by atoms with Gasteiger partial charge in [-0.2, -0.15) is 0 Å². The van der Waals surface area contributed by atoms with Crippen molar-refractivity contribution >= 4 is 0 Å². The highest BCUT2D eigenvalue weighted by Gasteiger charge is 2.18. The molecule has 3 nitrogen and oxygen atoms in total. The Morgan fingerprint density at radius 3 is 3.05 bits per heavy atom. The molecule has 3 rings (SSSR count). The van der Waals surface area contributed by atoms with Crippen molar-refractivity contribution in [1.82, 2.24) is 4.98 Å². The number of hydrogen-bond acceptors (Lipinski definition) is 3. The van der Waals surface area contributed by atoms with E-state index in [9.17, 15) is 0 Å². The molecule has 2 aromatic rings. The molecule has 0 spiro atoms. The number of nitrogens with zero attached hydrogens (tertiary/aromatic N) is 1. The van der Waals surface area contributed by atoms with E-state index in [0.29, 0.717) is 6.61 Å². The number of nitrogens with two attached hydrogens (primary N) is 1. The van der Waals surface area contributed by atoms with Crippen molar-refractivity contribution in [3.63, 3.8) is 0 Å². The Labute approximate surface area is 113 Å². The molecule has 0 saturated heterocycles. The molecule has 98 valence electrons. The summed E-state index contributed by atoms with van der Waals surface area (Å²) in [5, 5.41) is 0. The fourth-order valence-electron chi connectivity index (χ4n) is 2.54. The zero-order valence-electron chi connectivity index (χ0n) is 10.9. The normalized spacial score (nSPS) is 17.2. The van der Waals surface area contributed by atoms with E-state index in [1.807, 2.05) is 30.5 Å². The van der Waals surface area contributed by atoms with Crippen LogP contribution in [-0.2, 0) is 12.8 Å². The summed E-state index contributed by atoms with van der Waals surface area (Å²) in [6.45, 7) is 0.655. The first kappa shape index (κ1) is 12.2. The Morgan fingerprint density at radius 2 is 2.21 bits per heavy atom. The molecule has 0 fully saturated rings. The molecule has 1 atom stereocenters. The molecule has 1 aromatic heterocycles. The minimum Gasteiger partial charge on any atom is -0.493 e.